The highest BCUT2D eigenvalue weighted by Crippen LogP contribution is 2.19. The molecule has 0 bridgehead atoms. The lowest BCUT2D eigenvalue weighted by atomic mass is 10.2. The van der Waals surface area contributed by atoms with Gasteiger partial charge in [0.1, 0.15) is 0 Å². The lowest BCUT2D eigenvalue weighted by Crippen LogP contribution is -2.21. The second-order valence-corrected chi connectivity index (χ2v) is 6.62. The fourth-order valence-electron chi connectivity index (χ4n) is 1.57. The molecular weight excluding hydrogens is 270 g/mol. The molecule has 1 rings (SSSR count). The first-order valence-corrected chi connectivity index (χ1v) is 8.20. The number of rotatable bonds is 9. The first-order valence-electron chi connectivity index (χ1n) is 7.22. The first kappa shape index (κ1) is 17.5. The molecule has 0 spiro atoms. The van der Waals surface area contributed by atoms with Gasteiger partial charge in [-0.25, -0.2) is 0 Å². The second kappa shape index (κ2) is 9.40. The quantitative estimate of drug-likeness (QED) is 0.687. The molecule has 0 saturated carbocycles. The summed E-state index contributed by atoms with van der Waals surface area (Å²) in [4.78, 5) is 1.18. The molecule has 0 aliphatic rings. The third-order valence-corrected chi connectivity index (χ3v) is 3.86. The van der Waals surface area contributed by atoms with Crippen LogP contribution in [0.2, 0.25) is 0 Å². The van der Waals surface area contributed by atoms with Gasteiger partial charge in [-0.2, -0.15) is 0 Å². The van der Waals surface area contributed by atoms with Crippen LogP contribution in [0.5, 0.6) is 0 Å². The summed E-state index contributed by atoms with van der Waals surface area (Å²) in [7, 11) is 0. The summed E-state index contributed by atoms with van der Waals surface area (Å²) in [6, 6.07) is 8.99. The summed E-state index contributed by atoms with van der Waals surface area (Å²) >= 11 is 1.66. The summed E-state index contributed by atoms with van der Waals surface area (Å²) in [6.45, 7) is 9.54. The number of aliphatic hydroxyl groups is 1. The SMILES string of the molecule is CC(C)NCc1ccc(SCC(O)COC(C)C)cc1. The molecule has 0 fully saturated rings. The van der Waals surface area contributed by atoms with Crippen molar-refractivity contribution in [3.05, 3.63) is 29.8 Å². The van der Waals surface area contributed by atoms with E-state index in [0.717, 1.165) is 6.54 Å². The average molecular weight is 297 g/mol. The fourth-order valence-corrected chi connectivity index (χ4v) is 2.38. The Balaban J connectivity index is 2.30. The summed E-state index contributed by atoms with van der Waals surface area (Å²) < 4.78 is 5.39. The van der Waals surface area contributed by atoms with Gasteiger partial charge in [-0.3, -0.25) is 0 Å². The minimum absolute atomic E-state index is 0.169. The Morgan fingerprint density at radius 2 is 1.80 bits per heavy atom. The van der Waals surface area contributed by atoms with E-state index in [4.69, 9.17) is 4.74 Å². The number of nitrogens with one attached hydrogen (secondary N) is 1. The van der Waals surface area contributed by atoms with E-state index in [-0.39, 0.29) is 6.10 Å². The van der Waals surface area contributed by atoms with Gasteiger partial charge in [0.15, 0.2) is 0 Å². The minimum atomic E-state index is -0.412. The molecular formula is C16H27NO2S. The zero-order valence-corrected chi connectivity index (χ0v) is 13.7. The highest BCUT2D eigenvalue weighted by Gasteiger charge is 2.06. The van der Waals surface area contributed by atoms with Gasteiger partial charge in [-0.15, -0.1) is 11.8 Å². The van der Waals surface area contributed by atoms with Crippen LogP contribution in [0.25, 0.3) is 0 Å². The van der Waals surface area contributed by atoms with Crippen LogP contribution in [0.15, 0.2) is 29.2 Å². The van der Waals surface area contributed by atoms with E-state index in [0.29, 0.717) is 18.4 Å². The van der Waals surface area contributed by atoms with Gasteiger partial charge in [0.25, 0.3) is 0 Å². The van der Waals surface area contributed by atoms with Crippen molar-refractivity contribution < 1.29 is 9.84 Å². The molecule has 114 valence electrons. The summed E-state index contributed by atoms with van der Waals surface area (Å²) in [6.07, 6.45) is -0.243. The standard InChI is InChI=1S/C16H27NO2S/c1-12(2)17-9-14-5-7-16(8-6-14)20-11-15(18)10-19-13(3)4/h5-8,12-13,15,17-18H,9-11H2,1-4H3. The minimum Gasteiger partial charge on any atom is -0.390 e. The maximum absolute atomic E-state index is 9.80. The zero-order chi connectivity index (χ0) is 15.0. The molecule has 0 aromatic heterocycles. The zero-order valence-electron chi connectivity index (χ0n) is 12.9. The Bertz CT molecular complexity index is 365. The molecule has 2 N–H and O–H groups in total. The molecule has 20 heavy (non-hydrogen) atoms. The van der Waals surface area contributed by atoms with Crippen LogP contribution in [0.1, 0.15) is 33.3 Å². The summed E-state index contributed by atoms with van der Waals surface area (Å²) in [5.74, 6) is 0.663. The number of aliphatic hydroxyl groups excluding tert-OH is 1. The predicted molar refractivity (Wildman–Crippen MR) is 86.2 cm³/mol. The highest BCUT2D eigenvalue weighted by molar-refractivity contribution is 7.99. The van der Waals surface area contributed by atoms with Crippen LogP contribution in [-0.2, 0) is 11.3 Å². The molecule has 0 amide bonds. The Morgan fingerprint density at radius 1 is 1.15 bits per heavy atom. The molecule has 1 unspecified atom stereocenters. The number of hydrogen-bond donors (Lipinski definition) is 2. The number of thioether (sulfide) groups is 1. The van der Waals surface area contributed by atoms with Gasteiger partial charge >= 0.3 is 0 Å². The number of benzene rings is 1. The van der Waals surface area contributed by atoms with Crippen LogP contribution in [0.4, 0.5) is 0 Å². The summed E-state index contributed by atoms with van der Waals surface area (Å²) in [5, 5.41) is 13.2. The molecule has 0 radical (unpaired) electrons. The van der Waals surface area contributed by atoms with Gasteiger partial charge in [-0.1, -0.05) is 26.0 Å². The van der Waals surface area contributed by atoms with Gasteiger partial charge in [0.05, 0.1) is 18.8 Å². The van der Waals surface area contributed by atoms with Crippen LogP contribution < -0.4 is 5.32 Å². The maximum atomic E-state index is 9.80. The van der Waals surface area contributed by atoms with Crippen molar-refractivity contribution in [2.75, 3.05) is 12.4 Å². The molecule has 0 saturated heterocycles. The molecule has 1 aromatic rings. The Kier molecular flexibility index (Phi) is 8.22. The van der Waals surface area contributed by atoms with Crippen molar-refractivity contribution in [1.82, 2.24) is 5.32 Å². The Morgan fingerprint density at radius 3 is 2.35 bits per heavy atom. The molecule has 0 aliphatic heterocycles. The van der Waals surface area contributed by atoms with E-state index in [1.54, 1.807) is 11.8 Å². The first-order chi connectivity index (χ1) is 9.47. The van der Waals surface area contributed by atoms with E-state index in [2.05, 4.69) is 43.4 Å². The summed E-state index contributed by atoms with van der Waals surface area (Å²) in [5.41, 5.74) is 1.28. The normalized spacial score (nSPS) is 13.2. The van der Waals surface area contributed by atoms with Crippen molar-refractivity contribution >= 4 is 11.8 Å². The molecule has 4 heteroatoms. The second-order valence-electron chi connectivity index (χ2n) is 5.53. The van der Waals surface area contributed by atoms with Crippen LogP contribution in [-0.4, -0.2) is 35.7 Å². The molecule has 0 heterocycles. The maximum Gasteiger partial charge on any atom is 0.0867 e. The third kappa shape index (κ3) is 7.90. The molecule has 1 aromatic carbocycles. The lowest BCUT2D eigenvalue weighted by Gasteiger charge is -2.13. The molecule has 3 nitrogen and oxygen atoms in total. The average Bonchev–Trinajstić information content (AvgIpc) is 2.41. The number of ether oxygens (including phenoxy) is 1. The van der Waals surface area contributed by atoms with Crippen molar-refractivity contribution in [2.45, 2.75) is 57.4 Å². The van der Waals surface area contributed by atoms with Gasteiger partial charge < -0.3 is 15.2 Å². The Hall–Kier alpha value is -0.550. The highest BCUT2D eigenvalue weighted by atomic mass is 32.2. The predicted octanol–water partition coefficient (Wildman–Crippen LogP) is 3.06. The molecule has 1 atom stereocenters. The number of hydrogen-bond acceptors (Lipinski definition) is 4. The fraction of sp³-hybridized carbons (Fsp3) is 0.625. The van der Waals surface area contributed by atoms with Gasteiger partial charge in [-0.05, 0) is 31.5 Å². The van der Waals surface area contributed by atoms with Gasteiger partial charge in [0.2, 0.25) is 0 Å². The van der Waals surface area contributed by atoms with Crippen molar-refractivity contribution in [2.24, 2.45) is 0 Å². The lowest BCUT2D eigenvalue weighted by molar-refractivity contribution is 0.0152. The van der Waals surface area contributed by atoms with E-state index in [1.807, 2.05) is 13.8 Å². The van der Waals surface area contributed by atoms with Crippen LogP contribution in [0, 0.1) is 0 Å². The van der Waals surface area contributed by atoms with E-state index >= 15 is 0 Å². The van der Waals surface area contributed by atoms with E-state index in [1.165, 1.54) is 10.5 Å². The Labute approximate surface area is 127 Å². The van der Waals surface area contributed by atoms with E-state index < -0.39 is 6.10 Å². The largest absolute Gasteiger partial charge is 0.390 e. The van der Waals surface area contributed by atoms with Gasteiger partial charge in [0, 0.05) is 23.2 Å². The van der Waals surface area contributed by atoms with E-state index in [9.17, 15) is 5.11 Å². The topological polar surface area (TPSA) is 41.5 Å². The van der Waals surface area contributed by atoms with Crippen molar-refractivity contribution in [3.63, 3.8) is 0 Å². The monoisotopic (exact) mass is 297 g/mol. The molecule has 0 aliphatic carbocycles. The van der Waals surface area contributed by atoms with Crippen molar-refractivity contribution in [1.29, 1.82) is 0 Å². The third-order valence-electron chi connectivity index (χ3n) is 2.70. The van der Waals surface area contributed by atoms with Crippen LogP contribution in [0.3, 0.4) is 0 Å². The van der Waals surface area contributed by atoms with Crippen molar-refractivity contribution in [3.8, 4) is 0 Å². The smallest absolute Gasteiger partial charge is 0.0867 e. The van der Waals surface area contributed by atoms with Crippen LogP contribution >= 0.6 is 11.8 Å².